The Balaban J connectivity index is 1.66. The number of allylic oxidation sites excluding steroid dienone is 1. The Morgan fingerprint density at radius 1 is 1.24 bits per heavy atom. The van der Waals surface area contributed by atoms with Crippen molar-refractivity contribution in [3.63, 3.8) is 0 Å². The second-order valence-corrected chi connectivity index (χ2v) is 10.3. The van der Waals surface area contributed by atoms with Crippen molar-refractivity contribution in [2.75, 3.05) is 19.0 Å². The molecule has 0 spiro atoms. The monoisotopic (exact) mass is 620 g/mol. The number of nitrogens with zero attached hydrogens (tertiary/aromatic N) is 3. The van der Waals surface area contributed by atoms with Crippen molar-refractivity contribution in [2.24, 2.45) is 5.10 Å². The first-order valence-electron chi connectivity index (χ1n) is 13.0. The Morgan fingerprint density at radius 2 is 2.05 bits per heavy atom. The SMILES string of the molecule is C=CCc1cc(C=Nn2c([C@@H](C)CC)nc3ccc(Br)cc3c2=O)cc(OC)c1OCC(=O)Nc1cccc(F)c1. The summed E-state index contributed by atoms with van der Waals surface area (Å²) >= 11 is 3.43. The molecule has 1 amide bonds. The van der Waals surface area contributed by atoms with Gasteiger partial charge in [0, 0.05) is 21.6 Å². The number of benzene rings is 3. The first-order valence-corrected chi connectivity index (χ1v) is 13.8. The summed E-state index contributed by atoms with van der Waals surface area (Å²) in [5.41, 5.74) is 2.01. The number of hydrogen-bond acceptors (Lipinski definition) is 6. The van der Waals surface area contributed by atoms with E-state index in [0.29, 0.717) is 51.5 Å². The number of aromatic nitrogens is 2. The number of rotatable bonds is 11. The molecule has 0 aliphatic carbocycles. The Morgan fingerprint density at radius 3 is 2.76 bits per heavy atom. The van der Waals surface area contributed by atoms with E-state index >= 15 is 0 Å². The van der Waals surface area contributed by atoms with Crippen molar-refractivity contribution < 1.29 is 18.7 Å². The molecule has 3 aromatic carbocycles. The van der Waals surface area contributed by atoms with Gasteiger partial charge in [0.15, 0.2) is 18.1 Å². The molecule has 4 rings (SSSR count). The molecule has 1 heterocycles. The Kier molecular flexibility index (Phi) is 9.67. The summed E-state index contributed by atoms with van der Waals surface area (Å²) in [5, 5.41) is 7.60. The number of halogens is 2. The lowest BCUT2D eigenvalue weighted by Crippen LogP contribution is -2.23. The van der Waals surface area contributed by atoms with E-state index in [-0.39, 0.29) is 18.1 Å². The largest absolute Gasteiger partial charge is 0.493 e. The van der Waals surface area contributed by atoms with Gasteiger partial charge in [0.05, 0.1) is 24.2 Å². The van der Waals surface area contributed by atoms with Crippen molar-refractivity contribution in [1.29, 1.82) is 0 Å². The molecule has 0 radical (unpaired) electrons. The van der Waals surface area contributed by atoms with E-state index in [4.69, 9.17) is 14.5 Å². The van der Waals surface area contributed by atoms with Gasteiger partial charge in [-0.2, -0.15) is 9.78 Å². The van der Waals surface area contributed by atoms with Gasteiger partial charge in [-0.3, -0.25) is 9.59 Å². The third kappa shape index (κ3) is 7.07. The molecule has 4 aromatic rings. The summed E-state index contributed by atoms with van der Waals surface area (Å²) in [6.45, 7) is 7.53. The molecule has 1 atom stereocenters. The molecule has 0 unspecified atom stereocenters. The van der Waals surface area contributed by atoms with Crippen LogP contribution in [0.15, 0.2) is 81.6 Å². The number of carbonyl (C=O) groups is 1. The maximum atomic E-state index is 13.5. The lowest BCUT2D eigenvalue weighted by molar-refractivity contribution is -0.118. The summed E-state index contributed by atoms with van der Waals surface area (Å²) in [6.07, 6.45) is 4.46. The number of hydrogen-bond donors (Lipinski definition) is 1. The minimum absolute atomic E-state index is 0.00643. The molecule has 0 fully saturated rings. The Labute approximate surface area is 245 Å². The fourth-order valence-corrected chi connectivity index (χ4v) is 4.55. The van der Waals surface area contributed by atoms with Crippen LogP contribution in [0.25, 0.3) is 10.9 Å². The molecule has 1 N–H and O–H groups in total. The van der Waals surface area contributed by atoms with Gasteiger partial charge in [-0.1, -0.05) is 41.9 Å². The molecule has 0 bridgehead atoms. The number of amides is 1. The maximum Gasteiger partial charge on any atom is 0.282 e. The molecular formula is C31H30BrFN4O4. The standard InChI is InChI=1S/C31H30BrFN4O4/c1-5-8-21-13-20(14-27(40-4)29(21)41-18-28(38)35-24-10-7-9-23(33)16-24)17-34-37-30(19(3)6-2)36-26-12-11-22(32)15-25(26)31(37)39/h5,7,9-17,19H,1,6,8,18H2,2-4H3,(H,35,38)/t19-/m0/s1. The van der Waals surface area contributed by atoms with E-state index < -0.39 is 11.7 Å². The zero-order chi connectivity index (χ0) is 29.5. The Bertz CT molecular complexity index is 1690. The van der Waals surface area contributed by atoms with E-state index in [1.807, 2.05) is 32.0 Å². The normalized spacial score (nSPS) is 11.9. The second-order valence-electron chi connectivity index (χ2n) is 9.35. The molecule has 212 valence electrons. The topological polar surface area (TPSA) is 94.8 Å². The molecule has 8 nitrogen and oxygen atoms in total. The highest BCUT2D eigenvalue weighted by Gasteiger charge is 2.17. The van der Waals surface area contributed by atoms with Gasteiger partial charge < -0.3 is 14.8 Å². The number of methoxy groups -OCH3 is 1. The van der Waals surface area contributed by atoms with Crippen LogP contribution in [-0.4, -0.2) is 35.5 Å². The fourth-order valence-electron chi connectivity index (χ4n) is 4.19. The average molecular weight is 622 g/mol. The van der Waals surface area contributed by atoms with Crippen LogP contribution in [0.1, 0.15) is 43.1 Å². The van der Waals surface area contributed by atoms with Crippen LogP contribution in [0, 0.1) is 5.82 Å². The second kappa shape index (κ2) is 13.4. The Hall–Kier alpha value is -4.31. The van der Waals surface area contributed by atoms with Crippen molar-refractivity contribution in [3.05, 3.63) is 105 Å². The van der Waals surface area contributed by atoms with Gasteiger partial charge in [0.2, 0.25) is 0 Å². The predicted molar refractivity (Wildman–Crippen MR) is 163 cm³/mol. The van der Waals surface area contributed by atoms with Crippen LogP contribution in [0.2, 0.25) is 0 Å². The van der Waals surface area contributed by atoms with Crippen LogP contribution >= 0.6 is 15.9 Å². The van der Waals surface area contributed by atoms with Gasteiger partial charge in [-0.05, 0) is 66.9 Å². The van der Waals surface area contributed by atoms with Crippen molar-refractivity contribution >= 4 is 44.6 Å². The first kappa shape index (κ1) is 29.7. The zero-order valence-corrected chi connectivity index (χ0v) is 24.6. The number of ether oxygens (including phenoxy) is 2. The third-order valence-electron chi connectivity index (χ3n) is 6.40. The van der Waals surface area contributed by atoms with Crippen LogP contribution in [0.3, 0.4) is 0 Å². The highest BCUT2D eigenvalue weighted by Crippen LogP contribution is 2.33. The number of anilines is 1. The number of fused-ring (bicyclic) bond motifs is 1. The quantitative estimate of drug-likeness (QED) is 0.154. The molecular weight excluding hydrogens is 591 g/mol. The van der Waals surface area contributed by atoms with Gasteiger partial charge in [-0.25, -0.2) is 9.37 Å². The first-order chi connectivity index (χ1) is 19.7. The lowest BCUT2D eigenvalue weighted by Gasteiger charge is -2.16. The summed E-state index contributed by atoms with van der Waals surface area (Å²) in [6, 6.07) is 14.5. The smallest absolute Gasteiger partial charge is 0.282 e. The van der Waals surface area contributed by atoms with Gasteiger partial charge in [-0.15, -0.1) is 6.58 Å². The van der Waals surface area contributed by atoms with E-state index in [0.717, 1.165) is 10.9 Å². The van der Waals surface area contributed by atoms with E-state index in [1.165, 1.54) is 30.0 Å². The third-order valence-corrected chi connectivity index (χ3v) is 6.90. The summed E-state index contributed by atoms with van der Waals surface area (Å²) in [5.74, 6) is 0.384. The van der Waals surface area contributed by atoms with Crippen LogP contribution < -0.4 is 20.3 Å². The molecule has 0 saturated heterocycles. The predicted octanol–water partition coefficient (Wildman–Crippen LogP) is 6.45. The summed E-state index contributed by atoms with van der Waals surface area (Å²) in [4.78, 5) is 30.7. The maximum absolute atomic E-state index is 13.5. The molecule has 0 saturated carbocycles. The van der Waals surface area contributed by atoms with Crippen LogP contribution in [-0.2, 0) is 11.2 Å². The van der Waals surface area contributed by atoms with Crippen molar-refractivity contribution in [1.82, 2.24) is 9.66 Å². The summed E-state index contributed by atoms with van der Waals surface area (Å²) < 4.78 is 27.0. The summed E-state index contributed by atoms with van der Waals surface area (Å²) in [7, 11) is 1.49. The van der Waals surface area contributed by atoms with E-state index in [2.05, 4.69) is 32.9 Å². The van der Waals surface area contributed by atoms with Crippen molar-refractivity contribution in [2.45, 2.75) is 32.6 Å². The molecule has 41 heavy (non-hydrogen) atoms. The lowest BCUT2D eigenvalue weighted by atomic mass is 10.1. The van der Waals surface area contributed by atoms with Gasteiger partial charge in [0.1, 0.15) is 11.6 Å². The molecule has 0 aliphatic rings. The van der Waals surface area contributed by atoms with E-state index in [1.54, 1.807) is 30.5 Å². The van der Waals surface area contributed by atoms with E-state index in [9.17, 15) is 14.0 Å². The zero-order valence-electron chi connectivity index (χ0n) is 23.0. The number of carbonyl (C=O) groups excluding carboxylic acids is 1. The van der Waals surface area contributed by atoms with Crippen molar-refractivity contribution in [3.8, 4) is 11.5 Å². The molecule has 1 aromatic heterocycles. The highest BCUT2D eigenvalue weighted by molar-refractivity contribution is 9.10. The molecule has 0 aliphatic heterocycles. The minimum Gasteiger partial charge on any atom is -0.493 e. The fraction of sp³-hybridized carbons (Fsp3) is 0.226. The highest BCUT2D eigenvalue weighted by atomic mass is 79.9. The van der Waals surface area contributed by atoms with Crippen LogP contribution in [0.5, 0.6) is 11.5 Å². The number of nitrogens with one attached hydrogen (secondary N) is 1. The van der Waals surface area contributed by atoms with Gasteiger partial charge in [0.25, 0.3) is 11.5 Å². The minimum atomic E-state index is -0.458. The molecule has 10 heteroatoms. The van der Waals surface area contributed by atoms with Crippen LogP contribution in [0.4, 0.5) is 10.1 Å². The van der Waals surface area contributed by atoms with Gasteiger partial charge >= 0.3 is 0 Å². The average Bonchev–Trinajstić information content (AvgIpc) is 2.95.